The number of nitrogens with two attached hydrogens (primary N) is 1. The molecular formula is C20H29N7O2. The lowest BCUT2D eigenvalue weighted by atomic mass is 9.96. The summed E-state index contributed by atoms with van der Waals surface area (Å²) < 4.78 is 6.20. The summed E-state index contributed by atoms with van der Waals surface area (Å²) in [5.41, 5.74) is 8.28. The van der Waals surface area contributed by atoms with Crippen LogP contribution in [-0.4, -0.2) is 41.8 Å². The summed E-state index contributed by atoms with van der Waals surface area (Å²) in [5.74, 6) is 0.0330. The molecule has 0 aromatic heterocycles. The molecule has 4 rings (SSSR count). The Morgan fingerprint density at radius 3 is 2.72 bits per heavy atom. The monoisotopic (exact) mass is 399 g/mol. The number of piperidine rings is 1. The number of likely N-dealkylation sites (tertiary alicyclic amines) is 1. The first kappa shape index (κ1) is 19.9. The van der Waals surface area contributed by atoms with Gasteiger partial charge in [0.2, 0.25) is 5.91 Å². The maximum absolute atomic E-state index is 12.1. The average Bonchev–Trinajstić information content (AvgIpc) is 3.23. The molecule has 3 aliphatic heterocycles. The molecular weight excluding hydrogens is 370 g/mol. The highest BCUT2D eigenvalue weighted by atomic mass is 16.5. The van der Waals surface area contributed by atoms with Crippen molar-refractivity contribution >= 4 is 5.91 Å². The van der Waals surface area contributed by atoms with Crippen LogP contribution in [0, 0.1) is 5.92 Å². The first-order valence-electron chi connectivity index (χ1n) is 10.2. The maximum Gasteiger partial charge on any atom is 0.253 e. The molecule has 0 aliphatic carbocycles. The Bertz CT molecular complexity index is 816. The highest BCUT2D eigenvalue weighted by Crippen LogP contribution is 2.38. The maximum atomic E-state index is 12.1. The predicted octanol–water partition coefficient (Wildman–Crippen LogP) is 2.56. The molecule has 1 fully saturated rings. The van der Waals surface area contributed by atoms with E-state index in [1.165, 1.54) is 11.1 Å². The molecule has 1 saturated heterocycles. The van der Waals surface area contributed by atoms with Gasteiger partial charge in [0, 0.05) is 25.1 Å². The third-order valence-corrected chi connectivity index (χ3v) is 5.76. The number of hydrogen-bond donors (Lipinski definition) is 2. The molecule has 0 bridgehead atoms. The largest absolute Gasteiger partial charge is 0.487 e. The molecule has 1 amide bonds. The Hall–Kier alpha value is -2.39. The Morgan fingerprint density at radius 1 is 1.28 bits per heavy atom. The fourth-order valence-corrected chi connectivity index (χ4v) is 4.24. The van der Waals surface area contributed by atoms with E-state index in [1.807, 2.05) is 0 Å². The van der Waals surface area contributed by atoms with Crippen molar-refractivity contribution in [2.45, 2.75) is 57.5 Å². The van der Waals surface area contributed by atoms with Crippen LogP contribution in [0.15, 0.2) is 38.9 Å². The van der Waals surface area contributed by atoms with Crippen LogP contribution in [0.4, 0.5) is 0 Å². The minimum atomic E-state index is -1.33. The number of ether oxygens (including phenoxy) is 1. The summed E-state index contributed by atoms with van der Waals surface area (Å²) in [6, 6.07) is 6.48. The van der Waals surface area contributed by atoms with Crippen LogP contribution in [0.2, 0.25) is 0 Å². The zero-order valence-corrected chi connectivity index (χ0v) is 17.1. The average molecular weight is 399 g/mol. The number of carbonyl (C=O) groups is 1. The van der Waals surface area contributed by atoms with E-state index in [1.54, 1.807) is 0 Å². The molecule has 0 atom stereocenters. The third-order valence-electron chi connectivity index (χ3n) is 5.76. The minimum Gasteiger partial charge on any atom is -0.487 e. The van der Waals surface area contributed by atoms with Gasteiger partial charge in [-0.05, 0) is 61.7 Å². The second-order valence-corrected chi connectivity index (χ2v) is 8.90. The molecule has 0 radical (unpaired) electrons. The molecule has 1 aromatic rings. The van der Waals surface area contributed by atoms with Gasteiger partial charge in [-0.3, -0.25) is 15.4 Å². The molecule has 1 aromatic carbocycles. The molecule has 9 nitrogen and oxygen atoms in total. The van der Waals surface area contributed by atoms with E-state index in [-0.39, 0.29) is 17.9 Å². The van der Waals surface area contributed by atoms with Crippen LogP contribution in [0.25, 0.3) is 0 Å². The number of nitrogens with one attached hydrogen (secondary N) is 1. The number of carbonyl (C=O) groups excluding carboxylic acids is 1. The molecule has 9 heteroatoms. The molecule has 0 spiro atoms. The normalized spacial score (nSPS) is 22.4. The molecule has 3 N–H and O–H groups in total. The SMILES string of the molecule is CC1(C)Cc2cccc(CN3CCC(CNC(=O)CC4(N)N=NN=N4)CC3)c2O1. The van der Waals surface area contributed by atoms with Crippen LogP contribution >= 0.6 is 0 Å². The van der Waals surface area contributed by atoms with E-state index in [0.29, 0.717) is 12.5 Å². The summed E-state index contributed by atoms with van der Waals surface area (Å²) in [6.45, 7) is 7.86. The fraction of sp³-hybridized carbons (Fsp3) is 0.650. The van der Waals surface area contributed by atoms with Gasteiger partial charge in [0.1, 0.15) is 11.4 Å². The van der Waals surface area contributed by atoms with Crippen LogP contribution < -0.4 is 15.8 Å². The number of para-hydroxylation sites is 1. The van der Waals surface area contributed by atoms with E-state index in [2.05, 4.69) is 62.9 Å². The summed E-state index contributed by atoms with van der Waals surface area (Å²) in [6.07, 6.45) is 3.03. The number of benzene rings is 1. The summed E-state index contributed by atoms with van der Waals surface area (Å²) in [4.78, 5) is 14.6. The van der Waals surface area contributed by atoms with Crippen LogP contribution in [0.5, 0.6) is 5.75 Å². The van der Waals surface area contributed by atoms with Crippen molar-refractivity contribution in [3.8, 4) is 5.75 Å². The van der Waals surface area contributed by atoms with E-state index in [9.17, 15) is 4.79 Å². The number of rotatable bonds is 6. The Balaban J connectivity index is 1.23. The second kappa shape index (κ2) is 7.79. The quantitative estimate of drug-likeness (QED) is 0.764. The van der Waals surface area contributed by atoms with Crippen LogP contribution in [-0.2, 0) is 17.8 Å². The minimum absolute atomic E-state index is 0.0334. The van der Waals surface area contributed by atoms with Crippen molar-refractivity contribution in [2.24, 2.45) is 32.3 Å². The van der Waals surface area contributed by atoms with Crippen molar-refractivity contribution in [1.29, 1.82) is 0 Å². The summed E-state index contributed by atoms with van der Waals surface area (Å²) in [5, 5.41) is 17.1. The number of fused-ring (bicyclic) bond motifs is 1. The Morgan fingerprint density at radius 2 is 2.00 bits per heavy atom. The van der Waals surface area contributed by atoms with E-state index in [0.717, 1.165) is 44.6 Å². The standard InChI is InChI=1S/C20H29N7O2/c1-19(2)10-15-4-3-5-16(18(15)29-19)13-27-8-6-14(7-9-27)12-22-17(28)11-20(21)23-25-26-24-20/h3-5,14H,6-13,21H2,1-2H3,(H,22,28). The Labute approximate surface area is 170 Å². The van der Waals surface area contributed by atoms with E-state index < -0.39 is 5.79 Å². The number of hydrogen-bond acceptors (Lipinski definition) is 8. The van der Waals surface area contributed by atoms with Crippen molar-refractivity contribution in [1.82, 2.24) is 10.2 Å². The third kappa shape index (κ3) is 4.79. The number of amides is 1. The fourth-order valence-electron chi connectivity index (χ4n) is 4.24. The lowest BCUT2D eigenvalue weighted by molar-refractivity contribution is -0.122. The molecule has 0 saturated carbocycles. The van der Waals surface area contributed by atoms with E-state index in [4.69, 9.17) is 10.5 Å². The van der Waals surface area contributed by atoms with Crippen molar-refractivity contribution in [3.05, 3.63) is 29.3 Å². The molecule has 3 heterocycles. The summed E-state index contributed by atoms with van der Waals surface area (Å²) >= 11 is 0. The van der Waals surface area contributed by atoms with Gasteiger partial charge in [-0.25, -0.2) is 0 Å². The van der Waals surface area contributed by atoms with Gasteiger partial charge in [0.05, 0.1) is 6.42 Å². The first-order valence-corrected chi connectivity index (χ1v) is 10.2. The second-order valence-electron chi connectivity index (χ2n) is 8.90. The van der Waals surface area contributed by atoms with Gasteiger partial charge in [-0.15, -0.1) is 10.2 Å². The first-order chi connectivity index (χ1) is 13.8. The molecule has 29 heavy (non-hydrogen) atoms. The van der Waals surface area contributed by atoms with Crippen LogP contribution in [0.1, 0.15) is 44.2 Å². The smallest absolute Gasteiger partial charge is 0.253 e. The summed E-state index contributed by atoms with van der Waals surface area (Å²) in [7, 11) is 0. The van der Waals surface area contributed by atoms with Crippen molar-refractivity contribution in [2.75, 3.05) is 19.6 Å². The lowest BCUT2D eigenvalue weighted by Gasteiger charge is -2.32. The molecule has 3 aliphatic rings. The lowest BCUT2D eigenvalue weighted by Crippen LogP contribution is -2.42. The van der Waals surface area contributed by atoms with Gasteiger partial charge >= 0.3 is 0 Å². The van der Waals surface area contributed by atoms with E-state index >= 15 is 0 Å². The predicted molar refractivity (Wildman–Crippen MR) is 107 cm³/mol. The van der Waals surface area contributed by atoms with Gasteiger partial charge in [-0.1, -0.05) is 18.2 Å². The zero-order chi connectivity index (χ0) is 20.5. The van der Waals surface area contributed by atoms with Gasteiger partial charge in [0.25, 0.3) is 5.79 Å². The highest BCUT2D eigenvalue weighted by Gasteiger charge is 2.33. The zero-order valence-electron chi connectivity index (χ0n) is 17.1. The van der Waals surface area contributed by atoms with Gasteiger partial charge in [0.15, 0.2) is 0 Å². The number of nitrogens with zero attached hydrogens (tertiary/aromatic N) is 5. The Kier molecular flexibility index (Phi) is 5.35. The molecule has 0 unspecified atom stereocenters. The van der Waals surface area contributed by atoms with Gasteiger partial charge in [-0.2, -0.15) is 0 Å². The van der Waals surface area contributed by atoms with Crippen molar-refractivity contribution in [3.63, 3.8) is 0 Å². The highest BCUT2D eigenvalue weighted by molar-refractivity contribution is 5.77. The van der Waals surface area contributed by atoms with Crippen LogP contribution in [0.3, 0.4) is 0 Å². The van der Waals surface area contributed by atoms with Gasteiger partial charge < -0.3 is 10.1 Å². The topological polar surface area (TPSA) is 117 Å². The molecule has 156 valence electrons. The van der Waals surface area contributed by atoms with Crippen molar-refractivity contribution < 1.29 is 9.53 Å².